The van der Waals surface area contributed by atoms with Crippen LogP contribution in [0.3, 0.4) is 0 Å². The molecule has 30 heavy (non-hydrogen) atoms. The summed E-state index contributed by atoms with van der Waals surface area (Å²) >= 11 is 6.26. The smallest absolute Gasteiger partial charge is 0.255 e. The van der Waals surface area contributed by atoms with E-state index in [1.165, 1.54) is 6.07 Å². The lowest BCUT2D eigenvalue weighted by molar-refractivity contribution is 0.0497. The summed E-state index contributed by atoms with van der Waals surface area (Å²) < 4.78 is 1.54. The van der Waals surface area contributed by atoms with Gasteiger partial charge in [0.05, 0.1) is 18.2 Å². The van der Waals surface area contributed by atoms with Gasteiger partial charge in [0, 0.05) is 36.9 Å². The first-order valence-electron chi connectivity index (χ1n) is 10.0. The van der Waals surface area contributed by atoms with Gasteiger partial charge in [0.25, 0.3) is 11.5 Å². The zero-order valence-electron chi connectivity index (χ0n) is 16.9. The van der Waals surface area contributed by atoms with Gasteiger partial charge in [-0.2, -0.15) is 0 Å². The molecule has 3 aromatic rings. The molecule has 1 saturated heterocycles. The van der Waals surface area contributed by atoms with Gasteiger partial charge >= 0.3 is 0 Å². The van der Waals surface area contributed by atoms with Gasteiger partial charge in [-0.15, -0.1) is 0 Å². The molecule has 0 bridgehead atoms. The molecule has 0 spiro atoms. The number of benzene rings is 2. The quantitative estimate of drug-likeness (QED) is 0.645. The Morgan fingerprint density at radius 1 is 1.00 bits per heavy atom. The number of aromatic nitrogens is 1. The number of carbonyl (C=O) groups is 1. The highest BCUT2D eigenvalue weighted by molar-refractivity contribution is 6.31. The van der Waals surface area contributed by atoms with Crippen LogP contribution in [-0.4, -0.2) is 47.0 Å². The number of piperazine rings is 1. The van der Waals surface area contributed by atoms with E-state index in [9.17, 15) is 9.59 Å². The van der Waals surface area contributed by atoms with Gasteiger partial charge in [-0.3, -0.25) is 9.59 Å². The Kier molecular flexibility index (Phi) is 6.02. The van der Waals surface area contributed by atoms with Crippen molar-refractivity contribution in [1.29, 1.82) is 0 Å². The molecule has 1 amide bonds. The van der Waals surface area contributed by atoms with E-state index in [0.717, 1.165) is 24.2 Å². The van der Waals surface area contributed by atoms with Crippen molar-refractivity contribution in [2.75, 3.05) is 26.7 Å². The minimum atomic E-state index is -0.163. The van der Waals surface area contributed by atoms with Crippen LogP contribution in [0.15, 0.2) is 77.7 Å². The average molecular weight is 422 g/mol. The van der Waals surface area contributed by atoms with Gasteiger partial charge in [-0.1, -0.05) is 60.1 Å². The lowest BCUT2D eigenvalue weighted by Crippen LogP contribution is -2.49. The molecule has 154 valence electrons. The zero-order valence-corrected chi connectivity index (χ0v) is 17.6. The largest absolute Gasteiger partial charge is 0.329 e. The highest BCUT2D eigenvalue weighted by Gasteiger charge is 2.31. The van der Waals surface area contributed by atoms with Gasteiger partial charge in [-0.05, 0) is 30.3 Å². The fraction of sp³-hybridized carbons (Fsp3) is 0.250. The number of halogens is 1. The normalized spacial score (nSPS) is 17.1. The van der Waals surface area contributed by atoms with E-state index in [1.54, 1.807) is 22.9 Å². The molecule has 1 atom stereocenters. The SMILES string of the molecule is CN1CCN(C(=O)c2ccc(=O)n(Cc3ccccc3Cl)c2)C(c2ccccc2)C1. The van der Waals surface area contributed by atoms with E-state index in [4.69, 9.17) is 11.6 Å². The maximum atomic E-state index is 13.4. The van der Waals surface area contributed by atoms with Crippen molar-refractivity contribution in [2.45, 2.75) is 12.6 Å². The highest BCUT2D eigenvalue weighted by Crippen LogP contribution is 2.26. The Hall–Kier alpha value is -2.89. The Labute approximate surface area is 181 Å². The standard InChI is InChI=1S/C24H24ClN3O2/c1-26-13-14-28(22(17-26)18-7-3-2-4-8-18)24(30)20-11-12-23(29)27(16-20)15-19-9-5-6-10-21(19)25/h2-12,16,22H,13-15,17H2,1H3. The third kappa shape index (κ3) is 4.32. The monoisotopic (exact) mass is 421 g/mol. The summed E-state index contributed by atoms with van der Waals surface area (Å²) in [7, 11) is 2.07. The Morgan fingerprint density at radius 3 is 2.50 bits per heavy atom. The van der Waals surface area contributed by atoms with Crippen LogP contribution in [0.5, 0.6) is 0 Å². The molecule has 1 unspecified atom stereocenters. The number of pyridine rings is 1. The fourth-order valence-electron chi connectivity index (χ4n) is 3.88. The van der Waals surface area contributed by atoms with Gasteiger partial charge in [0.15, 0.2) is 0 Å². The van der Waals surface area contributed by atoms with Crippen LogP contribution in [-0.2, 0) is 6.54 Å². The van der Waals surface area contributed by atoms with Crippen LogP contribution < -0.4 is 5.56 Å². The second-order valence-corrected chi connectivity index (χ2v) is 8.07. The first-order valence-corrected chi connectivity index (χ1v) is 10.4. The predicted octanol–water partition coefficient (Wildman–Crippen LogP) is 3.68. The maximum absolute atomic E-state index is 13.4. The summed E-state index contributed by atoms with van der Waals surface area (Å²) in [5.74, 6) is -0.0649. The van der Waals surface area contributed by atoms with E-state index in [-0.39, 0.29) is 17.5 Å². The summed E-state index contributed by atoms with van der Waals surface area (Å²) in [6, 6.07) is 20.6. The summed E-state index contributed by atoms with van der Waals surface area (Å²) in [5.41, 5.74) is 2.30. The van der Waals surface area contributed by atoms with Crippen molar-refractivity contribution in [1.82, 2.24) is 14.4 Å². The minimum absolute atomic E-state index is 0.0265. The van der Waals surface area contributed by atoms with Gasteiger partial charge in [0.2, 0.25) is 0 Å². The molecule has 2 heterocycles. The Morgan fingerprint density at radius 2 is 1.73 bits per heavy atom. The van der Waals surface area contributed by atoms with Crippen LogP contribution in [0, 0.1) is 0 Å². The number of hydrogen-bond acceptors (Lipinski definition) is 3. The molecular formula is C24H24ClN3O2. The second-order valence-electron chi connectivity index (χ2n) is 7.66. The third-order valence-corrected chi connectivity index (χ3v) is 5.93. The molecular weight excluding hydrogens is 398 g/mol. The highest BCUT2D eigenvalue weighted by atomic mass is 35.5. The van der Waals surface area contributed by atoms with Crippen LogP contribution in [0.25, 0.3) is 0 Å². The van der Waals surface area contributed by atoms with Crippen molar-refractivity contribution >= 4 is 17.5 Å². The van der Waals surface area contributed by atoms with E-state index in [2.05, 4.69) is 24.1 Å². The number of rotatable bonds is 4. The zero-order chi connectivity index (χ0) is 21.1. The lowest BCUT2D eigenvalue weighted by atomic mass is 10.0. The van der Waals surface area contributed by atoms with Crippen LogP contribution in [0.4, 0.5) is 0 Å². The number of carbonyl (C=O) groups excluding carboxylic acids is 1. The number of hydrogen-bond donors (Lipinski definition) is 0. The van der Waals surface area contributed by atoms with E-state index < -0.39 is 0 Å². The van der Waals surface area contributed by atoms with Crippen molar-refractivity contribution < 1.29 is 4.79 Å². The van der Waals surface area contributed by atoms with E-state index >= 15 is 0 Å². The van der Waals surface area contributed by atoms with Crippen LogP contribution in [0.2, 0.25) is 5.02 Å². The van der Waals surface area contributed by atoms with Gasteiger partial charge in [0.1, 0.15) is 0 Å². The van der Waals surface area contributed by atoms with E-state index in [0.29, 0.717) is 23.7 Å². The number of amides is 1. The molecule has 0 radical (unpaired) electrons. The molecule has 0 saturated carbocycles. The Bertz CT molecular complexity index is 1100. The average Bonchev–Trinajstić information content (AvgIpc) is 2.77. The molecule has 1 aromatic heterocycles. The summed E-state index contributed by atoms with van der Waals surface area (Å²) in [4.78, 5) is 30.0. The van der Waals surface area contributed by atoms with E-state index in [1.807, 2.05) is 41.3 Å². The lowest BCUT2D eigenvalue weighted by Gasteiger charge is -2.40. The fourth-order valence-corrected chi connectivity index (χ4v) is 4.08. The van der Waals surface area contributed by atoms with Crippen LogP contribution in [0.1, 0.15) is 27.5 Å². The molecule has 6 heteroatoms. The summed E-state index contributed by atoms with van der Waals surface area (Å²) in [6.45, 7) is 2.55. The summed E-state index contributed by atoms with van der Waals surface area (Å²) in [5, 5.41) is 0.601. The van der Waals surface area contributed by atoms with Gasteiger partial charge in [-0.25, -0.2) is 0 Å². The molecule has 4 rings (SSSR count). The second kappa shape index (κ2) is 8.86. The first kappa shape index (κ1) is 20.4. The molecule has 1 aliphatic rings. The predicted molar refractivity (Wildman–Crippen MR) is 119 cm³/mol. The number of likely N-dealkylation sites (N-methyl/N-ethyl adjacent to an activating group) is 1. The molecule has 5 nitrogen and oxygen atoms in total. The van der Waals surface area contributed by atoms with Crippen molar-refractivity contribution in [2.24, 2.45) is 0 Å². The van der Waals surface area contributed by atoms with Crippen LogP contribution >= 0.6 is 11.6 Å². The van der Waals surface area contributed by atoms with Gasteiger partial charge < -0.3 is 14.4 Å². The van der Waals surface area contributed by atoms with Crippen molar-refractivity contribution in [3.63, 3.8) is 0 Å². The molecule has 0 N–H and O–H groups in total. The molecule has 2 aromatic carbocycles. The maximum Gasteiger partial charge on any atom is 0.255 e. The molecule has 1 fully saturated rings. The minimum Gasteiger partial charge on any atom is -0.329 e. The molecule has 0 aliphatic carbocycles. The summed E-state index contributed by atoms with van der Waals surface area (Å²) in [6.07, 6.45) is 1.65. The number of nitrogens with zero attached hydrogens (tertiary/aromatic N) is 3. The topological polar surface area (TPSA) is 45.6 Å². The van der Waals surface area contributed by atoms with Crippen molar-refractivity contribution in [3.8, 4) is 0 Å². The molecule has 1 aliphatic heterocycles. The third-order valence-electron chi connectivity index (χ3n) is 5.56. The first-order chi connectivity index (χ1) is 14.5. The van der Waals surface area contributed by atoms with Crippen molar-refractivity contribution in [3.05, 3.63) is 105 Å². The Balaban J connectivity index is 1.64.